The summed E-state index contributed by atoms with van der Waals surface area (Å²) >= 11 is 10.0. The number of nitrogens with zero attached hydrogens (tertiary/aromatic N) is 4. The number of thioether (sulfide) groups is 2. The van der Waals surface area contributed by atoms with E-state index in [0.717, 1.165) is 80.7 Å². The van der Waals surface area contributed by atoms with Crippen LogP contribution in [0.3, 0.4) is 0 Å². The Hall–Kier alpha value is -1.28. The highest BCUT2D eigenvalue weighted by Gasteiger charge is 2.42. The van der Waals surface area contributed by atoms with E-state index < -0.39 is 0 Å². The first kappa shape index (κ1) is 25.8. The lowest BCUT2D eigenvalue weighted by molar-refractivity contribution is 0.0752. The predicted molar refractivity (Wildman–Crippen MR) is 149 cm³/mol. The number of carbonyl (C=O) groups excluding carboxylic acids is 1. The fourth-order valence-corrected chi connectivity index (χ4v) is 8.57. The number of rotatable bonds is 9. The molecular weight excluding hydrogens is 484 g/mol. The Morgan fingerprint density at radius 3 is 2.26 bits per heavy atom. The molecule has 1 fully saturated rings. The Kier molecular flexibility index (Phi) is 8.83. The topological polar surface area (TPSA) is 31.7 Å². The van der Waals surface area contributed by atoms with Crippen LogP contribution in [0.4, 0.5) is 5.69 Å². The number of piperazine rings is 1. The standard InChI is InChI=1S/C26H37ClN4OS2/c1-4-33-26(34-5-2)12-16-31(25(32)23-11-15-28(3)24(23)26)14-6-13-29-17-19-30(20-18-29)22-9-7-21(27)8-10-22/h7-11,15H,4-6,12-14,16-20H2,1-3H3. The monoisotopic (exact) mass is 520 g/mol. The highest BCUT2D eigenvalue weighted by atomic mass is 35.5. The van der Waals surface area contributed by atoms with Crippen molar-refractivity contribution in [1.29, 1.82) is 0 Å². The lowest BCUT2D eigenvalue weighted by atomic mass is 10.1. The second kappa shape index (κ2) is 11.6. The quantitative estimate of drug-likeness (QED) is 0.413. The van der Waals surface area contributed by atoms with Gasteiger partial charge in [0.1, 0.15) is 4.08 Å². The fourth-order valence-electron chi connectivity index (χ4n) is 5.22. The number of hydrogen-bond acceptors (Lipinski definition) is 5. The molecule has 2 aliphatic rings. The summed E-state index contributed by atoms with van der Waals surface area (Å²) in [6, 6.07) is 10.2. The van der Waals surface area contributed by atoms with Crippen LogP contribution in [0.2, 0.25) is 5.02 Å². The summed E-state index contributed by atoms with van der Waals surface area (Å²) in [4.78, 5) is 20.6. The molecule has 5 nitrogen and oxygen atoms in total. The Morgan fingerprint density at radius 2 is 1.62 bits per heavy atom. The summed E-state index contributed by atoms with van der Waals surface area (Å²) in [5, 5.41) is 0.784. The first-order valence-electron chi connectivity index (χ1n) is 12.4. The molecule has 1 aromatic heterocycles. The number of fused-ring (bicyclic) bond motifs is 1. The SMILES string of the molecule is CCSC1(SCC)CCN(CCCN2CCN(c3ccc(Cl)cc3)CC2)C(=O)c2ccn(C)c21. The van der Waals surface area contributed by atoms with E-state index in [0.29, 0.717) is 0 Å². The number of amides is 1. The first-order chi connectivity index (χ1) is 16.5. The number of carbonyl (C=O) groups is 1. The highest BCUT2D eigenvalue weighted by molar-refractivity contribution is 8.17. The molecule has 8 heteroatoms. The van der Waals surface area contributed by atoms with Crippen molar-refractivity contribution in [3.8, 4) is 0 Å². The number of halogens is 1. The molecule has 1 aromatic carbocycles. The number of benzene rings is 1. The maximum absolute atomic E-state index is 13.5. The van der Waals surface area contributed by atoms with Gasteiger partial charge in [0.2, 0.25) is 0 Å². The Balaban J connectivity index is 1.33. The lowest BCUT2D eigenvalue weighted by Gasteiger charge is -2.36. The van der Waals surface area contributed by atoms with Crippen molar-refractivity contribution in [2.75, 3.05) is 62.2 Å². The molecule has 0 radical (unpaired) electrons. The molecule has 0 aliphatic carbocycles. The molecule has 3 heterocycles. The Bertz CT molecular complexity index is 950. The molecule has 0 unspecified atom stereocenters. The van der Waals surface area contributed by atoms with Crippen LogP contribution in [0.5, 0.6) is 0 Å². The minimum atomic E-state index is -0.0422. The van der Waals surface area contributed by atoms with Crippen molar-refractivity contribution in [2.24, 2.45) is 7.05 Å². The molecule has 0 spiro atoms. The summed E-state index contributed by atoms with van der Waals surface area (Å²) in [6.07, 6.45) is 4.08. The molecule has 0 atom stereocenters. The van der Waals surface area contributed by atoms with Gasteiger partial charge < -0.3 is 14.4 Å². The number of aromatic nitrogens is 1. The molecule has 1 amide bonds. The minimum absolute atomic E-state index is 0.0422. The zero-order valence-electron chi connectivity index (χ0n) is 20.6. The third-order valence-electron chi connectivity index (χ3n) is 6.88. The number of aryl methyl sites for hydroxylation is 1. The van der Waals surface area contributed by atoms with E-state index in [-0.39, 0.29) is 9.99 Å². The molecule has 2 aromatic rings. The van der Waals surface area contributed by atoms with Crippen LogP contribution in [-0.2, 0) is 11.1 Å². The minimum Gasteiger partial charge on any atom is -0.369 e. The molecule has 34 heavy (non-hydrogen) atoms. The summed E-state index contributed by atoms with van der Waals surface area (Å²) in [5.41, 5.74) is 3.35. The second-order valence-corrected chi connectivity index (χ2v) is 12.8. The molecule has 186 valence electrons. The van der Waals surface area contributed by atoms with Gasteiger partial charge in [0.25, 0.3) is 5.91 Å². The van der Waals surface area contributed by atoms with E-state index in [4.69, 9.17) is 11.6 Å². The van der Waals surface area contributed by atoms with E-state index in [1.54, 1.807) is 0 Å². The molecule has 0 bridgehead atoms. The van der Waals surface area contributed by atoms with Gasteiger partial charge in [0, 0.05) is 63.2 Å². The van der Waals surface area contributed by atoms with Crippen LogP contribution in [-0.4, -0.2) is 77.6 Å². The molecule has 4 rings (SSSR count). The van der Waals surface area contributed by atoms with Gasteiger partial charge in [0.05, 0.1) is 11.3 Å². The third kappa shape index (κ3) is 5.58. The summed E-state index contributed by atoms with van der Waals surface area (Å²) < 4.78 is 2.14. The molecule has 1 saturated heterocycles. The smallest absolute Gasteiger partial charge is 0.255 e. The maximum atomic E-state index is 13.5. The predicted octanol–water partition coefficient (Wildman–Crippen LogP) is 5.40. The van der Waals surface area contributed by atoms with E-state index in [1.165, 1.54) is 11.4 Å². The van der Waals surface area contributed by atoms with Gasteiger partial charge in [-0.15, -0.1) is 23.5 Å². The third-order valence-corrected chi connectivity index (χ3v) is 10.1. The van der Waals surface area contributed by atoms with Crippen LogP contribution in [0.25, 0.3) is 0 Å². The van der Waals surface area contributed by atoms with Crippen molar-refractivity contribution in [3.05, 3.63) is 52.8 Å². The summed E-state index contributed by atoms with van der Waals surface area (Å²) in [5.74, 6) is 2.31. The van der Waals surface area contributed by atoms with Gasteiger partial charge in [-0.1, -0.05) is 25.4 Å². The van der Waals surface area contributed by atoms with Crippen LogP contribution < -0.4 is 4.90 Å². The average molecular weight is 521 g/mol. The van der Waals surface area contributed by atoms with Crippen LogP contribution in [0.15, 0.2) is 36.5 Å². The summed E-state index contributed by atoms with van der Waals surface area (Å²) in [6.45, 7) is 11.3. The van der Waals surface area contributed by atoms with Crippen molar-refractivity contribution in [2.45, 2.75) is 30.8 Å². The molecule has 2 aliphatic heterocycles. The van der Waals surface area contributed by atoms with Gasteiger partial charge in [-0.2, -0.15) is 0 Å². The van der Waals surface area contributed by atoms with Crippen molar-refractivity contribution in [3.63, 3.8) is 0 Å². The van der Waals surface area contributed by atoms with Crippen molar-refractivity contribution in [1.82, 2.24) is 14.4 Å². The van der Waals surface area contributed by atoms with Gasteiger partial charge in [-0.25, -0.2) is 0 Å². The van der Waals surface area contributed by atoms with Crippen LogP contribution in [0.1, 0.15) is 42.7 Å². The average Bonchev–Trinajstić information content (AvgIpc) is 3.19. The summed E-state index contributed by atoms with van der Waals surface area (Å²) in [7, 11) is 2.09. The normalized spacial score (nSPS) is 18.8. The first-order valence-corrected chi connectivity index (χ1v) is 14.8. The zero-order chi connectivity index (χ0) is 24.1. The second-order valence-electron chi connectivity index (χ2n) is 9.01. The maximum Gasteiger partial charge on any atom is 0.255 e. The Labute approximate surface area is 218 Å². The van der Waals surface area contributed by atoms with E-state index in [9.17, 15) is 4.79 Å². The van der Waals surface area contributed by atoms with Crippen LogP contribution >= 0.6 is 35.1 Å². The van der Waals surface area contributed by atoms with Crippen molar-refractivity contribution >= 4 is 46.7 Å². The lowest BCUT2D eigenvalue weighted by Crippen LogP contribution is -2.47. The van der Waals surface area contributed by atoms with Crippen molar-refractivity contribution < 1.29 is 4.79 Å². The van der Waals surface area contributed by atoms with E-state index in [2.05, 4.69) is 58.5 Å². The fraction of sp³-hybridized carbons (Fsp3) is 0.577. The highest BCUT2D eigenvalue weighted by Crippen LogP contribution is 2.51. The zero-order valence-corrected chi connectivity index (χ0v) is 23.0. The number of hydrogen-bond donors (Lipinski definition) is 0. The van der Waals surface area contributed by atoms with Gasteiger partial charge >= 0.3 is 0 Å². The largest absolute Gasteiger partial charge is 0.369 e. The van der Waals surface area contributed by atoms with Gasteiger partial charge in [-0.05, 0) is 61.2 Å². The van der Waals surface area contributed by atoms with Gasteiger partial charge in [0.15, 0.2) is 0 Å². The molecule has 0 N–H and O–H groups in total. The van der Waals surface area contributed by atoms with Crippen LogP contribution in [0, 0.1) is 0 Å². The molecule has 0 saturated carbocycles. The van der Waals surface area contributed by atoms with E-state index in [1.807, 2.05) is 41.7 Å². The number of anilines is 1. The molecular formula is C26H37ClN4OS2. The van der Waals surface area contributed by atoms with E-state index >= 15 is 0 Å². The Morgan fingerprint density at radius 1 is 0.941 bits per heavy atom. The van der Waals surface area contributed by atoms with Gasteiger partial charge in [-0.3, -0.25) is 9.69 Å².